The van der Waals surface area contributed by atoms with Gasteiger partial charge in [0.1, 0.15) is 12.1 Å². The summed E-state index contributed by atoms with van der Waals surface area (Å²) in [5.74, 6) is 0.00326. The molecule has 3 atom stereocenters. The summed E-state index contributed by atoms with van der Waals surface area (Å²) in [6.45, 7) is 0.746. The first-order chi connectivity index (χ1) is 14.6. The maximum atomic E-state index is 12.3. The van der Waals surface area contributed by atoms with Crippen LogP contribution in [-0.2, 0) is 17.8 Å². The highest BCUT2D eigenvalue weighted by Gasteiger charge is 2.41. The maximum absolute atomic E-state index is 12.3. The third kappa shape index (κ3) is 3.23. The third-order valence-corrected chi connectivity index (χ3v) is 7.14. The summed E-state index contributed by atoms with van der Waals surface area (Å²) in [7, 11) is 2.24. The van der Waals surface area contributed by atoms with Crippen molar-refractivity contribution < 1.29 is 4.79 Å². The Balaban J connectivity index is 1.63. The zero-order valence-electron chi connectivity index (χ0n) is 17.1. The first-order valence-corrected chi connectivity index (χ1v) is 10.9. The van der Waals surface area contributed by atoms with Crippen molar-refractivity contribution in [2.75, 3.05) is 13.6 Å². The van der Waals surface area contributed by atoms with Crippen molar-refractivity contribution in [3.05, 3.63) is 58.8 Å². The Morgan fingerprint density at radius 2 is 2.20 bits per heavy atom. The Morgan fingerprint density at radius 3 is 2.97 bits per heavy atom. The highest BCUT2D eigenvalue weighted by Crippen LogP contribution is 2.47. The molecule has 4 heterocycles. The number of halogens is 1. The lowest BCUT2D eigenvalue weighted by molar-refractivity contribution is -0.118. The molecule has 2 N–H and O–H groups in total. The standard InChI is InChI=1S/C23H26ClN5O/c1-28-16-3-5-21(28)23-18-9-15(24)2-4-20(18)29(22(23)10-16)12-14(8-17(30)11-25)19-6-7-26-13-27-19/h2,4,6-7,9,13-14,16,21H,3,5,8,10-12,25H2,1H3. The van der Waals surface area contributed by atoms with Crippen molar-refractivity contribution in [2.45, 2.75) is 50.2 Å². The lowest BCUT2D eigenvalue weighted by Gasteiger charge is -2.33. The number of ketones is 1. The molecule has 0 radical (unpaired) electrons. The van der Waals surface area contributed by atoms with Gasteiger partial charge in [0.05, 0.1) is 6.54 Å². The lowest BCUT2D eigenvalue weighted by Crippen LogP contribution is -2.35. The summed E-state index contributed by atoms with van der Waals surface area (Å²) < 4.78 is 2.41. The first kappa shape index (κ1) is 19.7. The Morgan fingerprint density at radius 1 is 1.33 bits per heavy atom. The number of nitrogens with zero attached hydrogens (tertiary/aromatic N) is 4. The molecule has 0 saturated carbocycles. The Bertz CT molecular complexity index is 1100. The van der Waals surface area contributed by atoms with Gasteiger partial charge < -0.3 is 10.3 Å². The third-order valence-electron chi connectivity index (χ3n) is 6.91. The molecule has 7 heteroatoms. The second kappa shape index (κ2) is 7.76. The molecular weight excluding hydrogens is 398 g/mol. The molecule has 5 rings (SSSR count). The summed E-state index contributed by atoms with van der Waals surface area (Å²) >= 11 is 6.40. The van der Waals surface area contributed by atoms with Gasteiger partial charge in [-0.05, 0) is 49.7 Å². The van der Waals surface area contributed by atoms with E-state index in [2.05, 4.69) is 38.6 Å². The van der Waals surface area contributed by atoms with E-state index in [4.69, 9.17) is 17.3 Å². The van der Waals surface area contributed by atoms with Crippen LogP contribution in [-0.4, -0.2) is 44.9 Å². The van der Waals surface area contributed by atoms with Crippen molar-refractivity contribution in [3.63, 3.8) is 0 Å². The van der Waals surface area contributed by atoms with E-state index >= 15 is 0 Å². The molecule has 1 fully saturated rings. The van der Waals surface area contributed by atoms with Gasteiger partial charge in [0.25, 0.3) is 0 Å². The minimum Gasteiger partial charge on any atom is -0.344 e. The summed E-state index contributed by atoms with van der Waals surface area (Å²) in [4.78, 5) is 23.3. The smallest absolute Gasteiger partial charge is 0.147 e. The first-order valence-electron chi connectivity index (χ1n) is 10.6. The molecule has 156 valence electrons. The van der Waals surface area contributed by atoms with Gasteiger partial charge in [-0.15, -0.1) is 0 Å². The number of fused-ring (bicyclic) bond motifs is 6. The van der Waals surface area contributed by atoms with E-state index in [1.807, 2.05) is 12.1 Å². The van der Waals surface area contributed by atoms with Gasteiger partial charge in [-0.25, -0.2) is 9.97 Å². The minimum absolute atomic E-state index is 0.0447. The number of hydrogen-bond acceptors (Lipinski definition) is 5. The Hall–Kier alpha value is -2.28. The number of nitrogens with two attached hydrogens (primary N) is 1. The topological polar surface area (TPSA) is 77.0 Å². The lowest BCUT2D eigenvalue weighted by atomic mass is 9.96. The number of likely N-dealkylation sites (N-methyl/N-ethyl adjacent to an activating group) is 1. The molecule has 0 amide bonds. The van der Waals surface area contributed by atoms with Crippen LogP contribution in [0.15, 0.2) is 36.8 Å². The molecule has 6 nitrogen and oxygen atoms in total. The molecule has 1 aromatic carbocycles. The van der Waals surface area contributed by atoms with Crippen LogP contribution >= 0.6 is 11.6 Å². The van der Waals surface area contributed by atoms with Crippen molar-refractivity contribution in [2.24, 2.45) is 5.73 Å². The van der Waals surface area contributed by atoms with E-state index in [1.165, 1.54) is 35.0 Å². The van der Waals surface area contributed by atoms with E-state index in [9.17, 15) is 4.79 Å². The van der Waals surface area contributed by atoms with Crippen LogP contribution in [0.3, 0.4) is 0 Å². The Labute approximate surface area is 181 Å². The molecule has 3 unspecified atom stereocenters. The molecule has 2 aliphatic heterocycles. The van der Waals surface area contributed by atoms with E-state index in [0.29, 0.717) is 25.0 Å². The average Bonchev–Trinajstić information content (AvgIpc) is 3.17. The van der Waals surface area contributed by atoms with Gasteiger partial charge >= 0.3 is 0 Å². The molecule has 2 aliphatic rings. The monoisotopic (exact) mass is 423 g/mol. The number of aromatic nitrogens is 3. The number of carbonyl (C=O) groups excluding carboxylic acids is 1. The Kier molecular flexibility index (Phi) is 5.09. The van der Waals surface area contributed by atoms with Crippen LogP contribution in [0.5, 0.6) is 0 Å². The predicted molar refractivity (Wildman–Crippen MR) is 118 cm³/mol. The SMILES string of the molecule is CN1C2CCC1c1c(n(CC(CC(=O)CN)c3ccncn3)c3ccc(Cl)cc13)C2. The van der Waals surface area contributed by atoms with Gasteiger partial charge in [0, 0.05) is 70.9 Å². The molecule has 3 aromatic rings. The summed E-state index contributed by atoms with van der Waals surface area (Å²) in [6, 6.07) is 9.09. The molecule has 1 saturated heterocycles. The van der Waals surface area contributed by atoms with Crippen molar-refractivity contribution in [1.29, 1.82) is 0 Å². The van der Waals surface area contributed by atoms with Gasteiger partial charge in [-0.2, -0.15) is 0 Å². The van der Waals surface area contributed by atoms with Gasteiger partial charge in [0.2, 0.25) is 0 Å². The highest BCUT2D eigenvalue weighted by molar-refractivity contribution is 6.31. The number of benzene rings is 1. The summed E-state index contributed by atoms with van der Waals surface area (Å²) in [6.07, 6.45) is 7.09. The average molecular weight is 424 g/mol. The van der Waals surface area contributed by atoms with Crippen LogP contribution in [0.4, 0.5) is 0 Å². The molecule has 2 bridgehead atoms. The molecular formula is C23H26ClN5O. The second-order valence-electron chi connectivity index (χ2n) is 8.53. The van der Waals surface area contributed by atoms with E-state index in [0.717, 1.165) is 17.1 Å². The van der Waals surface area contributed by atoms with E-state index in [-0.39, 0.29) is 18.2 Å². The fraction of sp³-hybridized carbons (Fsp3) is 0.435. The summed E-state index contributed by atoms with van der Waals surface area (Å²) in [5, 5.41) is 2.00. The van der Waals surface area contributed by atoms with Gasteiger partial charge in [-0.3, -0.25) is 9.69 Å². The van der Waals surface area contributed by atoms with Gasteiger partial charge in [0.15, 0.2) is 0 Å². The van der Waals surface area contributed by atoms with Crippen LogP contribution < -0.4 is 5.73 Å². The number of rotatable bonds is 6. The van der Waals surface area contributed by atoms with Crippen LogP contribution in [0.1, 0.15) is 48.2 Å². The quantitative estimate of drug-likeness (QED) is 0.656. The fourth-order valence-corrected chi connectivity index (χ4v) is 5.59. The van der Waals surface area contributed by atoms with Crippen LogP contribution in [0.2, 0.25) is 5.02 Å². The highest BCUT2D eigenvalue weighted by atomic mass is 35.5. The van der Waals surface area contributed by atoms with Crippen molar-refractivity contribution >= 4 is 28.3 Å². The van der Waals surface area contributed by atoms with Crippen molar-refractivity contribution in [3.8, 4) is 0 Å². The largest absolute Gasteiger partial charge is 0.344 e. The second-order valence-corrected chi connectivity index (χ2v) is 8.96. The van der Waals surface area contributed by atoms with Crippen LogP contribution in [0, 0.1) is 0 Å². The number of hydrogen-bond donors (Lipinski definition) is 1. The van der Waals surface area contributed by atoms with E-state index in [1.54, 1.807) is 12.5 Å². The van der Waals surface area contributed by atoms with Crippen molar-refractivity contribution in [1.82, 2.24) is 19.4 Å². The van der Waals surface area contributed by atoms with E-state index < -0.39 is 0 Å². The van der Waals surface area contributed by atoms with Crippen LogP contribution in [0.25, 0.3) is 10.9 Å². The zero-order valence-corrected chi connectivity index (χ0v) is 17.8. The molecule has 0 spiro atoms. The number of Topliss-reactive ketones (excluding diaryl/α,β-unsaturated/α-hetero) is 1. The van der Waals surface area contributed by atoms with Gasteiger partial charge in [-0.1, -0.05) is 11.6 Å². The maximum Gasteiger partial charge on any atom is 0.147 e. The molecule has 0 aliphatic carbocycles. The zero-order chi connectivity index (χ0) is 20.8. The predicted octanol–water partition coefficient (Wildman–Crippen LogP) is 3.48. The number of carbonyl (C=O) groups is 1. The molecule has 2 aromatic heterocycles. The normalized spacial score (nSPS) is 21.7. The molecule has 30 heavy (non-hydrogen) atoms. The summed E-state index contributed by atoms with van der Waals surface area (Å²) in [5.41, 5.74) is 10.5. The fourth-order valence-electron chi connectivity index (χ4n) is 5.42. The minimum atomic E-state index is -0.0447.